The smallest absolute Gasteiger partial charge is 0.260 e. The molecule has 3 rings (SSSR count). The third-order valence-corrected chi connectivity index (χ3v) is 5.98. The van der Waals surface area contributed by atoms with Crippen molar-refractivity contribution in [2.75, 3.05) is 13.1 Å². The van der Waals surface area contributed by atoms with Gasteiger partial charge in [0.05, 0.1) is 0 Å². The summed E-state index contributed by atoms with van der Waals surface area (Å²) in [6.07, 6.45) is 6.20. The molecule has 0 aromatic carbocycles. The van der Waals surface area contributed by atoms with Crippen LogP contribution >= 0.6 is 0 Å². The number of nitrogens with one attached hydrogen (secondary N) is 1. The first-order valence-corrected chi connectivity index (χ1v) is 9.18. The molecule has 1 saturated heterocycles. The van der Waals surface area contributed by atoms with Crippen LogP contribution in [0.15, 0.2) is 23.4 Å². The van der Waals surface area contributed by atoms with Gasteiger partial charge in [-0.1, -0.05) is 13.0 Å². The van der Waals surface area contributed by atoms with Gasteiger partial charge in [-0.2, -0.15) is 4.31 Å². The lowest BCUT2D eigenvalue weighted by Gasteiger charge is -2.29. The molecule has 1 unspecified atom stereocenters. The number of rotatable bonds is 5. The average molecular weight is 309 g/mol. The third-order valence-electron chi connectivity index (χ3n) is 4.19. The molecule has 1 aliphatic heterocycles. The minimum Gasteiger partial charge on any atom is -0.310 e. The number of sulfonamides is 1. The standard InChI is InChI=1S/C15H23N3O2S/c1-12-3-2-8-18(11-12)21(19,20)15-7-4-13(10-17-15)9-16-14-5-6-14/h4,7,10,12,14,16H,2-3,5-6,8-9,11H2,1H3. The molecular formula is C15H23N3O2S. The maximum Gasteiger partial charge on any atom is 0.260 e. The topological polar surface area (TPSA) is 62.3 Å². The molecule has 0 radical (unpaired) electrons. The summed E-state index contributed by atoms with van der Waals surface area (Å²) in [7, 11) is -3.43. The van der Waals surface area contributed by atoms with Crippen molar-refractivity contribution in [1.82, 2.24) is 14.6 Å². The number of aromatic nitrogens is 1. The van der Waals surface area contributed by atoms with Crippen molar-refractivity contribution in [3.05, 3.63) is 23.9 Å². The molecule has 1 aliphatic carbocycles. The van der Waals surface area contributed by atoms with Crippen LogP contribution in [-0.4, -0.2) is 36.8 Å². The van der Waals surface area contributed by atoms with Crippen LogP contribution in [0.2, 0.25) is 0 Å². The summed E-state index contributed by atoms with van der Waals surface area (Å²) in [6, 6.07) is 4.14. The summed E-state index contributed by atoms with van der Waals surface area (Å²) in [6.45, 7) is 4.08. The molecular weight excluding hydrogens is 286 g/mol. The minimum atomic E-state index is -3.43. The van der Waals surface area contributed by atoms with E-state index in [1.54, 1.807) is 16.6 Å². The molecule has 1 N–H and O–H groups in total. The van der Waals surface area contributed by atoms with Crippen molar-refractivity contribution < 1.29 is 8.42 Å². The maximum atomic E-state index is 12.6. The molecule has 6 heteroatoms. The Kier molecular flexibility index (Phi) is 4.28. The Balaban J connectivity index is 1.69. The van der Waals surface area contributed by atoms with Gasteiger partial charge in [-0.3, -0.25) is 0 Å². The van der Waals surface area contributed by atoms with Gasteiger partial charge in [-0.15, -0.1) is 0 Å². The van der Waals surface area contributed by atoms with Crippen molar-refractivity contribution in [3.8, 4) is 0 Å². The second-order valence-electron chi connectivity index (χ2n) is 6.27. The Morgan fingerprint density at radius 1 is 1.33 bits per heavy atom. The van der Waals surface area contributed by atoms with E-state index in [4.69, 9.17) is 0 Å². The maximum absolute atomic E-state index is 12.6. The Morgan fingerprint density at radius 2 is 2.14 bits per heavy atom. The monoisotopic (exact) mass is 309 g/mol. The van der Waals surface area contributed by atoms with Gasteiger partial charge in [0.15, 0.2) is 5.03 Å². The van der Waals surface area contributed by atoms with Crippen LogP contribution in [0.5, 0.6) is 0 Å². The summed E-state index contributed by atoms with van der Waals surface area (Å²) in [5, 5.41) is 3.57. The number of pyridine rings is 1. The van der Waals surface area contributed by atoms with Crippen LogP contribution in [0.3, 0.4) is 0 Å². The molecule has 21 heavy (non-hydrogen) atoms. The van der Waals surface area contributed by atoms with Crippen LogP contribution in [0.4, 0.5) is 0 Å². The normalized spacial score (nSPS) is 24.1. The largest absolute Gasteiger partial charge is 0.310 e. The molecule has 5 nitrogen and oxygen atoms in total. The van der Waals surface area contributed by atoms with Gasteiger partial charge in [0.1, 0.15) is 0 Å². The van der Waals surface area contributed by atoms with Crippen molar-refractivity contribution in [2.24, 2.45) is 5.92 Å². The molecule has 2 heterocycles. The van der Waals surface area contributed by atoms with E-state index in [0.29, 0.717) is 25.0 Å². The van der Waals surface area contributed by atoms with E-state index >= 15 is 0 Å². The summed E-state index contributed by atoms with van der Waals surface area (Å²) < 4.78 is 26.7. The van der Waals surface area contributed by atoms with Gasteiger partial charge in [-0.05, 0) is 43.2 Å². The molecule has 1 saturated carbocycles. The van der Waals surface area contributed by atoms with Crippen LogP contribution in [-0.2, 0) is 16.6 Å². The van der Waals surface area contributed by atoms with E-state index in [1.165, 1.54) is 12.8 Å². The van der Waals surface area contributed by atoms with Gasteiger partial charge < -0.3 is 5.32 Å². The first kappa shape index (κ1) is 14.9. The fourth-order valence-electron chi connectivity index (χ4n) is 2.71. The lowest BCUT2D eigenvalue weighted by atomic mass is 10.0. The molecule has 1 atom stereocenters. The number of nitrogens with zero attached hydrogens (tertiary/aromatic N) is 2. The van der Waals surface area contributed by atoms with E-state index in [2.05, 4.69) is 17.2 Å². The van der Waals surface area contributed by atoms with Gasteiger partial charge in [0.2, 0.25) is 0 Å². The van der Waals surface area contributed by atoms with E-state index in [-0.39, 0.29) is 5.03 Å². The zero-order chi connectivity index (χ0) is 14.9. The quantitative estimate of drug-likeness (QED) is 0.900. The van der Waals surface area contributed by atoms with Crippen LogP contribution in [0, 0.1) is 5.92 Å². The molecule has 116 valence electrons. The fourth-order valence-corrected chi connectivity index (χ4v) is 4.23. The summed E-state index contributed by atoms with van der Waals surface area (Å²) in [5.41, 5.74) is 1.04. The molecule has 1 aromatic heterocycles. The second kappa shape index (κ2) is 6.02. The first-order chi connectivity index (χ1) is 10.1. The Labute approximate surface area is 126 Å². The predicted molar refractivity (Wildman–Crippen MR) is 81.3 cm³/mol. The lowest BCUT2D eigenvalue weighted by molar-refractivity contribution is 0.280. The fraction of sp³-hybridized carbons (Fsp3) is 0.667. The summed E-state index contributed by atoms with van der Waals surface area (Å²) in [4.78, 5) is 4.18. The highest BCUT2D eigenvalue weighted by molar-refractivity contribution is 7.89. The third kappa shape index (κ3) is 3.62. The summed E-state index contributed by atoms with van der Waals surface area (Å²) >= 11 is 0. The lowest BCUT2D eigenvalue weighted by Crippen LogP contribution is -2.39. The van der Waals surface area contributed by atoms with Gasteiger partial charge in [0, 0.05) is 31.9 Å². The highest BCUT2D eigenvalue weighted by atomic mass is 32.2. The predicted octanol–water partition coefficient (Wildman–Crippen LogP) is 1.75. The highest BCUT2D eigenvalue weighted by Crippen LogP contribution is 2.23. The van der Waals surface area contributed by atoms with Crippen LogP contribution in [0.1, 0.15) is 38.2 Å². The average Bonchev–Trinajstić information content (AvgIpc) is 3.30. The number of hydrogen-bond acceptors (Lipinski definition) is 4. The van der Waals surface area contributed by atoms with E-state index in [0.717, 1.165) is 24.9 Å². The van der Waals surface area contributed by atoms with Crippen molar-refractivity contribution in [2.45, 2.75) is 50.2 Å². The number of piperidine rings is 1. The second-order valence-corrected chi connectivity index (χ2v) is 8.16. The minimum absolute atomic E-state index is 0.173. The van der Waals surface area contributed by atoms with Crippen LogP contribution < -0.4 is 5.32 Å². The molecule has 0 bridgehead atoms. The number of hydrogen-bond donors (Lipinski definition) is 1. The van der Waals surface area contributed by atoms with Crippen molar-refractivity contribution in [3.63, 3.8) is 0 Å². The van der Waals surface area contributed by atoms with Gasteiger partial charge in [-0.25, -0.2) is 13.4 Å². The molecule has 0 spiro atoms. The molecule has 2 fully saturated rings. The van der Waals surface area contributed by atoms with Gasteiger partial charge >= 0.3 is 0 Å². The van der Waals surface area contributed by atoms with Crippen molar-refractivity contribution >= 4 is 10.0 Å². The Bertz CT molecular complexity index is 581. The van der Waals surface area contributed by atoms with E-state index in [9.17, 15) is 8.42 Å². The van der Waals surface area contributed by atoms with Crippen LogP contribution in [0.25, 0.3) is 0 Å². The Morgan fingerprint density at radius 3 is 2.76 bits per heavy atom. The molecule has 2 aliphatic rings. The Hall–Kier alpha value is -0.980. The zero-order valence-electron chi connectivity index (χ0n) is 12.5. The van der Waals surface area contributed by atoms with E-state index < -0.39 is 10.0 Å². The molecule has 0 amide bonds. The SMILES string of the molecule is CC1CCCN(S(=O)(=O)c2ccc(CNC3CC3)cn2)C1. The van der Waals surface area contributed by atoms with Crippen molar-refractivity contribution in [1.29, 1.82) is 0 Å². The van der Waals surface area contributed by atoms with Gasteiger partial charge in [0.25, 0.3) is 10.0 Å². The highest BCUT2D eigenvalue weighted by Gasteiger charge is 2.29. The first-order valence-electron chi connectivity index (χ1n) is 7.74. The molecule has 1 aromatic rings. The summed E-state index contributed by atoms with van der Waals surface area (Å²) in [5.74, 6) is 0.426. The van der Waals surface area contributed by atoms with E-state index in [1.807, 2.05) is 6.07 Å². The zero-order valence-corrected chi connectivity index (χ0v) is 13.3.